The predicted octanol–water partition coefficient (Wildman–Crippen LogP) is 3.29. The molecule has 1 aromatic carbocycles. The monoisotopic (exact) mass is 257 g/mol. The zero-order valence-electron chi connectivity index (χ0n) is 11.3. The zero-order valence-corrected chi connectivity index (χ0v) is 11.3. The lowest BCUT2D eigenvalue weighted by atomic mass is 9.93. The van der Waals surface area contributed by atoms with Crippen LogP contribution in [0.5, 0.6) is 0 Å². The van der Waals surface area contributed by atoms with Gasteiger partial charge in [-0.05, 0) is 30.2 Å². The first-order valence-corrected chi connectivity index (χ1v) is 6.21. The van der Waals surface area contributed by atoms with E-state index in [0.717, 1.165) is 6.07 Å². The number of hydrogen-bond acceptors (Lipinski definition) is 2. The molecule has 0 heterocycles. The SMILES string of the molecule is CCNC(c1cc(F)cc(F)c1)C(OC)C(C)C. The summed E-state index contributed by atoms with van der Waals surface area (Å²) in [5.74, 6) is -0.886. The number of likely N-dealkylation sites (N-methyl/N-ethyl adjacent to an activating group) is 1. The van der Waals surface area contributed by atoms with Gasteiger partial charge in [-0.1, -0.05) is 20.8 Å². The molecule has 1 rings (SSSR count). The third kappa shape index (κ3) is 3.75. The van der Waals surface area contributed by atoms with Crippen LogP contribution in [0.3, 0.4) is 0 Å². The van der Waals surface area contributed by atoms with Crippen LogP contribution in [0.2, 0.25) is 0 Å². The number of nitrogens with one attached hydrogen (secondary N) is 1. The second-order valence-electron chi connectivity index (χ2n) is 4.68. The summed E-state index contributed by atoms with van der Waals surface area (Å²) in [4.78, 5) is 0. The average Bonchev–Trinajstić information content (AvgIpc) is 2.27. The lowest BCUT2D eigenvalue weighted by Crippen LogP contribution is -2.36. The molecule has 1 aromatic rings. The van der Waals surface area contributed by atoms with Gasteiger partial charge in [0, 0.05) is 13.2 Å². The van der Waals surface area contributed by atoms with E-state index in [4.69, 9.17) is 4.74 Å². The van der Waals surface area contributed by atoms with Crippen molar-refractivity contribution in [1.82, 2.24) is 5.32 Å². The highest BCUT2D eigenvalue weighted by Crippen LogP contribution is 2.25. The molecule has 0 radical (unpaired) electrons. The highest BCUT2D eigenvalue weighted by molar-refractivity contribution is 5.22. The van der Waals surface area contributed by atoms with Gasteiger partial charge in [0.25, 0.3) is 0 Å². The summed E-state index contributed by atoms with van der Waals surface area (Å²) in [7, 11) is 1.62. The Balaban J connectivity index is 3.09. The van der Waals surface area contributed by atoms with E-state index in [1.165, 1.54) is 12.1 Å². The van der Waals surface area contributed by atoms with Gasteiger partial charge in [0.05, 0.1) is 12.1 Å². The summed E-state index contributed by atoms with van der Waals surface area (Å²) in [5.41, 5.74) is 0.579. The second-order valence-corrected chi connectivity index (χ2v) is 4.68. The lowest BCUT2D eigenvalue weighted by Gasteiger charge is -2.30. The maximum Gasteiger partial charge on any atom is 0.126 e. The van der Waals surface area contributed by atoms with Gasteiger partial charge in [-0.15, -0.1) is 0 Å². The number of benzene rings is 1. The standard InChI is InChI=1S/C14H21F2NO/c1-5-17-13(14(18-4)9(2)3)10-6-11(15)8-12(16)7-10/h6-9,13-14,17H,5H2,1-4H3. The summed E-state index contributed by atoms with van der Waals surface area (Å²) < 4.78 is 32.0. The van der Waals surface area contributed by atoms with Crippen LogP contribution < -0.4 is 5.32 Å². The maximum absolute atomic E-state index is 13.3. The van der Waals surface area contributed by atoms with E-state index >= 15 is 0 Å². The largest absolute Gasteiger partial charge is 0.379 e. The Bertz CT molecular complexity index is 362. The molecule has 0 spiro atoms. The minimum absolute atomic E-state index is 0.133. The van der Waals surface area contributed by atoms with Crippen molar-refractivity contribution >= 4 is 0 Å². The summed E-state index contributed by atoms with van der Waals surface area (Å²) >= 11 is 0. The molecule has 0 fully saturated rings. The normalized spacial score (nSPS) is 14.8. The predicted molar refractivity (Wildman–Crippen MR) is 68.4 cm³/mol. The van der Waals surface area contributed by atoms with Crippen molar-refractivity contribution in [3.05, 3.63) is 35.4 Å². The van der Waals surface area contributed by atoms with Gasteiger partial charge in [-0.2, -0.15) is 0 Å². The van der Waals surface area contributed by atoms with Crippen molar-refractivity contribution in [2.45, 2.75) is 32.9 Å². The van der Waals surface area contributed by atoms with Gasteiger partial charge >= 0.3 is 0 Å². The van der Waals surface area contributed by atoms with Crippen molar-refractivity contribution in [3.63, 3.8) is 0 Å². The van der Waals surface area contributed by atoms with E-state index < -0.39 is 11.6 Å². The molecular formula is C14H21F2NO. The summed E-state index contributed by atoms with van der Waals surface area (Å²) in [6.07, 6.45) is -0.133. The first-order valence-electron chi connectivity index (χ1n) is 6.21. The Kier molecular flexibility index (Phi) is 5.69. The molecule has 0 amide bonds. The molecule has 0 saturated carbocycles. The highest BCUT2D eigenvalue weighted by atomic mass is 19.1. The molecular weight excluding hydrogens is 236 g/mol. The quantitative estimate of drug-likeness (QED) is 0.844. The lowest BCUT2D eigenvalue weighted by molar-refractivity contribution is 0.0329. The molecule has 0 saturated heterocycles. The first kappa shape index (κ1) is 15.1. The van der Waals surface area contributed by atoms with Crippen LogP contribution in [0.1, 0.15) is 32.4 Å². The molecule has 2 atom stereocenters. The molecule has 18 heavy (non-hydrogen) atoms. The van der Waals surface area contributed by atoms with Crippen LogP contribution in [0.15, 0.2) is 18.2 Å². The summed E-state index contributed by atoms with van der Waals surface area (Å²) in [5, 5.41) is 3.23. The van der Waals surface area contributed by atoms with Gasteiger partial charge in [0.15, 0.2) is 0 Å². The molecule has 1 N–H and O–H groups in total. The fourth-order valence-electron chi connectivity index (χ4n) is 2.19. The van der Waals surface area contributed by atoms with Crippen LogP contribution in [0.25, 0.3) is 0 Å². The maximum atomic E-state index is 13.3. The van der Waals surface area contributed by atoms with Gasteiger partial charge < -0.3 is 10.1 Å². The van der Waals surface area contributed by atoms with Crippen LogP contribution >= 0.6 is 0 Å². The van der Waals surface area contributed by atoms with Crippen LogP contribution in [0.4, 0.5) is 8.78 Å². The molecule has 0 aliphatic heterocycles. The molecule has 0 aromatic heterocycles. The van der Waals surface area contributed by atoms with Gasteiger partial charge in [-0.3, -0.25) is 0 Å². The average molecular weight is 257 g/mol. The number of rotatable bonds is 6. The zero-order chi connectivity index (χ0) is 13.7. The molecule has 4 heteroatoms. The minimum atomic E-state index is -0.563. The molecule has 0 bridgehead atoms. The van der Waals surface area contributed by atoms with E-state index in [0.29, 0.717) is 12.1 Å². The van der Waals surface area contributed by atoms with Crippen molar-refractivity contribution in [2.24, 2.45) is 5.92 Å². The Hall–Kier alpha value is -1.00. The first-order chi connectivity index (χ1) is 8.49. The third-order valence-corrected chi connectivity index (χ3v) is 2.93. The fraction of sp³-hybridized carbons (Fsp3) is 0.571. The third-order valence-electron chi connectivity index (χ3n) is 2.93. The van der Waals surface area contributed by atoms with E-state index in [1.54, 1.807) is 7.11 Å². The van der Waals surface area contributed by atoms with Crippen LogP contribution in [-0.4, -0.2) is 19.8 Å². The van der Waals surface area contributed by atoms with E-state index in [-0.39, 0.29) is 18.1 Å². The highest BCUT2D eigenvalue weighted by Gasteiger charge is 2.26. The smallest absolute Gasteiger partial charge is 0.126 e. The summed E-state index contributed by atoms with van der Waals surface area (Å²) in [6.45, 7) is 6.70. The summed E-state index contributed by atoms with van der Waals surface area (Å²) in [6, 6.07) is 3.37. The number of hydrogen-bond donors (Lipinski definition) is 1. The Morgan fingerprint density at radius 1 is 1.17 bits per heavy atom. The second kappa shape index (κ2) is 6.81. The van der Waals surface area contributed by atoms with E-state index in [9.17, 15) is 8.78 Å². The van der Waals surface area contributed by atoms with Crippen molar-refractivity contribution in [3.8, 4) is 0 Å². The number of methoxy groups -OCH3 is 1. The van der Waals surface area contributed by atoms with Crippen molar-refractivity contribution in [1.29, 1.82) is 0 Å². The van der Waals surface area contributed by atoms with Crippen molar-refractivity contribution < 1.29 is 13.5 Å². The van der Waals surface area contributed by atoms with Crippen LogP contribution in [0, 0.1) is 17.6 Å². The Morgan fingerprint density at radius 3 is 2.11 bits per heavy atom. The van der Waals surface area contributed by atoms with E-state index in [2.05, 4.69) is 5.32 Å². The molecule has 0 aliphatic carbocycles. The molecule has 2 unspecified atom stereocenters. The Labute approximate surface area is 107 Å². The Morgan fingerprint density at radius 2 is 1.72 bits per heavy atom. The van der Waals surface area contributed by atoms with Crippen LogP contribution in [-0.2, 0) is 4.74 Å². The molecule has 2 nitrogen and oxygen atoms in total. The molecule has 0 aliphatic rings. The van der Waals surface area contributed by atoms with E-state index in [1.807, 2.05) is 20.8 Å². The molecule has 102 valence electrons. The van der Waals surface area contributed by atoms with Crippen molar-refractivity contribution in [2.75, 3.05) is 13.7 Å². The minimum Gasteiger partial charge on any atom is -0.379 e. The topological polar surface area (TPSA) is 21.3 Å². The van der Waals surface area contributed by atoms with Gasteiger partial charge in [-0.25, -0.2) is 8.78 Å². The van der Waals surface area contributed by atoms with Gasteiger partial charge in [0.1, 0.15) is 11.6 Å². The fourth-order valence-corrected chi connectivity index (χ4v) is 2.19. The number of ether oxygens (including phenoxy) is 1. The number of halogens is 2. The van der Waals surface area contributed by atoms with Gasteiger partial charge in [0.2, 0.25) is 0 Å².